The van der Waals surface area contributed by atoms with E-state index < -0.39 is 44.0 Å². The van der Waals surface area contributed by atoms with Crippen LogP contribution in [0.5, 0.6) is 5.75 Å². The number of hydrogen-bond donors (Lipinski definition) is 3. The van der Waals surface area contributed by atoms with E-state index in [9.17, 15) is 26.3 Å². The highest BCUT2D eigenvalue weighted by molar-refractivity contribution is 7.91. The van der Waals surface area contributed by atoms with Crippen molar-refractivity contribution in [3.8, 4) is 17.0 Å². The lowest BCUT2D eigenvalue weighted by Gasteiger charge is -2.38. The van der Waals surface area contributed by atoms with Crippen molar-refractivity contribution in [2.24, 2.45) is 0 Å². The van der Waals surface area contributed by atoms with Gasteiger partial charge >= 0.3 is 0 Å². The molecule has 14 heteroatoms. The van der Waals surface area contributed by atoms with E-state index in [0.717, 1.165) is 0 Å². The molecule has 0 amide bonds. The molecule has 3 aromatic rings. The SMILES string of the molecule is O=S(=O)(CCO)c1cccc(OCC(O)CN[C@H]2COC3(CCN(S(=O)(=O)c4cccc(-c5ncccc5F)c4)CC3)C2)c1. The van der Waals surface area contributed by atoms with Crippen molar-refractivity contribution in [1.82, 2.24) is 14.6 Å². The van der Waals surface area contributed by atoms with Crippen LogP contribution in [0.2, 0.25) is 0 Å². The number of sulfonamides is 1. The summed E-state index contributed by atoms with van der Waals surface area (Å²) in [5, 5.41) is 22.7. The lowest BCUT2D eigenvalue weighted by atomic mass is 9.88. The Morgan fingerprint density at radius 1 is 1.07 bits per heavy atom. The highest BCUT2D eigenvalue weighted by Crippen LogP contribution is 2.37. The number of halogens is 1. The molecular weight excluding hydrogens is 613 g/mol. The Morgan fingerprint density at radius 3 is 2.57 bits per heavy atom. The van der Waals surface area contributed by atoms with Gasteiger partial charge in [-0.2, -0.15) is 4.31 Å². The quantitative estimate of drug-likeness (QED) is 0.265. The van der Waals surface area contributed by atoms with Gasteiger partial charge in [-0.3, -0.25) is 4.98 Å². The first-order valence-corrected chi connectivity index (χ1v) is 17.4. The molecule has 2 aliphatic heterocycles. The molecule has 0 aliphatic carbocycles. The molecule has 44 heavy (non-hydrogen) atoms. The largest absolute Gasteiger partial charge is 0.491 e. The van der Waals surface area contributed by atoms with E-state index in [2.05, 4.69) is 10.3 Å². The second kappa shape index (κ2) is 13.6. The van der Waals surface area contributed by atoms with Crippen LogP contribution in [0.1, 0.15) is 19.3 Å². The van der Waals surface area contributed by atoms with Gasteiger partial charge in [0.1, 0.15) is 30.0 Å². The molecule has 2 aromatic carbocycles. The van der Waals surface area contributed by atoms with E-state index in [1.165, 1.54) is 53.0 Å². The van der Waals surface area contributed by atoms with Crippen molar-refractivity contribution in [1.29, 1.82) is 0 Å². The Labute approximate surface area is 256 Å². The molecule has 1 spiro atoms. The predicted molar refractivity (Wildman–Crippen MR) is 160 cm³/mol. The first-order valence-electron chi connectivity index (χ1n) is 14.3. The van der Waals surface area contributed by atoms with Gasteiger partial charge in [-0.05, 0) is 61.7 Å². The second-order valence-corrected chi connectivity index (χ2v) is 15.1. The van der Waals surface area contributed by atoms with Gasteiger partial charge in [0.2, 0.25) is 10.0 Å². The number of rotatable bonds is 12. The molecule has 0 saturated carbocycles. The second-order valence-electron chi connectivity index (χ2n) is 11.1. The number of hydrogen-bond acceptors (Lipinski definition) is 10. The van der Waals surface area contributed by atoms with Gasteiger partial charge in [0.05, 0.1) is 34.4 Å². The maximum atomic E-state index is 14.3. The molecule has 0 radical (unpaired) electrons. The van der Waals surface area contributed by atoms with Gasteiger partial charge in [0.15, 0.2) is 9.84 Å². The van der Waals surface area contributed by atoms with Gasteiger partial charge in [-0.25, -0.2) is 21.2 Å². The van der Waals surface area contributed by atoms with Crippen LogP contribution in [0.15, 0.2) is 76.7 Å². The average molecular weight is 650 g/mol. The van der Waals surface area contributed by atoms with E-state index in [-0.39, 0.29) is 53.5 Å². The van der Waals surface area contributed by atoms with Crippen molar-refractivity contribution in [3.05, 3.63) is 72.7 Å². The summed E-state index contributed by atoms with van der Waals surface area (Å²) in [6.07, 6.45) is 2.28. The minimum absolute atomic E-state index is 0.0373. The van der Waals surface area contributed by atoms with Gasteiger partial charge in [-0.1, -0.05) is 18.2 Å². The Morgan fingerprint density at radius 2 is 1.82 bits per heavy atom. The van der Waals surface area contributed by atoms with Crippen molar-refractivity contribution < 1.29 is 40.9 Å². The van der Waals surface area contributed by atoms with E-state index in [1.54, 1.807) is 18.2 Å². The van der Waals surface area contributed by atoms with Crippen LogP contribution in [0, 0.1) is 5.82 Å². The monoisotopic (exact) mass is 649 g/mol. The molecule has 3 heterocycles. The van der Waals surface area contributed by atoms with E-state index in [0.29, 0.717) is 37.2 Å². The Bertz CT molecular complexity index is 1660. The molecule has 0 bridgehead atoms. The molecule has 1 aromatic heterocycles. The Balaban J connectivity index is 1.10. The molecule has 238 valence electrons. The summed E-state index contributed by atoms with van der Waals surface area (Å²) in [4.78, 5) is 4.17. The van der Waals surface area contributed by atoms with E-state index in [4.69, 9.17) is 14.6 Å². The topological polar surface area (TPSA) is 155 Å². The van der Waals surface area contributed by atoms with Gasteiger partial charge in [0, 0.05) is 37.4 Å². The Kier molecular flexibility index (Phi) is 9.99. The predicted octanol–water partition coefficient (Wildman–Crippen LogP) is 2.00. The summed E-state index contributed by atoms with van der Waals surface area (Å²) in [5.41, 5.74) is 0.0123. The summed E-state index contributed by atoms with van der Waals surface area (Å²) < 4.78 is 78.7. The fourth-order valence-corrected chi connectivity index (χ4v) is 8.10. The van der Waals surface area contributed by atoms with Crippen LogP contribution >= 0.6 is 0 Å². The molecule has 2 saturated heterocycles. The maximum Gasteiger partial charge on any atom is 0.243 e. The Hall–Kier alpha value is -2.98. The standard InChI is InChI=1S/C30H36FN3O8S2/c31-28-8-3-11-32-29(28)22-4-1-7-27(16-22)44(39,40)34-12-9-30(10-13-34)18-23(20-42-30)33-19-24(36)21-41-25-5-2-6-26(17-25)43(37,38)15-14-35/h1-8,11,16-17,23-24,33,35-36H,9-10,12-15,18-21H2/t23-,24?/m1/s1. The van der Waals surface area contributed by atoms with Crippen LogP contribution in [-0.2, 0) is 24.6 Å². The molecule has 11 nitrogen and oxygen atoms in total. The zero-order chi connectivity index (χ0) is 31.4. The summed E-state index contributed by atoms with van der Waals surface area (Å²) in [5.74, 6) is -0.616. The van der Waals surface area contributed by atoms with Crippen molar-refractivity contribution in [2.75, 3.05) is 45.2 Å². The highest BCUT2D eigenvalue weighted by atomic mass is 32.2. The molecule has 2 atom stereocenters. The summed E-state index contributed by atoms with van der Waals surface area (Å²) in [6.45, 7) is 0.660. The molecule has 2 fully saturated rings. The number of pyridine rings is 1. The van der Waals surface area contributed by atoms with E-state index >= 15 is 0 Å². The zero-order valence-corrected chi connectivity index (χ0v) is 25.6. The summed E-state index contributed by atoms with van der Waals surface area (Å²) in [7, 11) is -7.43. The van der Waals surface area contributed by atoms with Crippen molar-refractivity contribution in [3.63, 3.8) is 0 Å². The summed E-state index contributed by atoms with van der Waals surface area (Å²) in [6, 6.07) is 14.8. The third-order valence-corrected chi connectivity index (χ3v) is 11.5. The van der Waals surface area contributed by atoms with Gasteiger partial charge in [0.25, 0.3) is 0 Å². The van der Waals surface area contributed by atoms with Gasteiger partial charge in [-0.15, -0.1) is 0 Å². The van der Waals surface area contributed by atoms with Crippen LogP contribution < -0.4 is 10.1 Å². The number of sulfone groups is 1. The summed E-state index contributed by atoms with van der Waals surface area (Å²) >= 11 is 0. The lowest BCUT2D eigenvalue weighted by Crippen LogP contribution is -2.47. The first kappa shape index (κ1) is 32.4. The fraction of sp³-hybridized carbons (Fsp3) is 0.433. The van der Waals surface area contributed by atoms with Crippen molar-refractivity contribution >= 4 is 19.9 Å². The number of aromatic nitrogens is 1. The third kappa shape index (κ3) is 7.45. The van der Waals surface area contributed by atoms with Crippen LogP contribution in [0.25, 0.3) is 11.3 Å². The van der Waals surface area contributed by atoms with Crippen molar-refractivity contribution in [2.45, 2.75) is 46.8 Å². The maximum absolute atomic E-state index is 14.3. The smallest absolute Gasteiger partial charge is 0.243 e. The first-order chi connectivity index (χ1) is 21.0. The van der Waals surface area contributed by atoms with Crippen LogP contribution in [0.4, 0.5) is 4.39 Å². The van der Waals surface area contributed by atoms with Crippen LogP contribution in [0.3, 0.4) is 0 Å². The highest BCUT2D eigenvalue weighted by Gasteiger charge is 2.44. The molecule has 5 rings (SSSR count). The number of piperidine rings is 1. The lowest BCUT2D eigenvalue weighted by molar-refractivity contribution is -0.0312. The number of ether oxygens (including phenoxy) is 2. The molecule has 2 aliphatic rings. The number of nitrogens with one attached hydrogen (secondary N) is 1. The van der Waals surface area contributed by atoms with E-state index in [1.807, 2.05) is 0 Å². The van der Waals surface area contributed by atoms with Crippen LogP contribution in [-0.4, -0.2) is 99.3 Å². The zero-order valence-electron chi connectivity index (χ0n) is 24.0. The average Bonchev–Trinajstić information content (AvgIpc) is 3.41. The minimum Gasteiger partial charge on any atom is -0.491 e. The molecule has 3 N–H and O–H groups in total. The number of aliphatic hydroxyl groups is 2. The molecular formula is C30H36FN3O8S2. The minimum atomic E-state index is -3.81. The fourth-order valence-electron chi connectivity index (χ4n) is 5.56. The normalized spacial score (nSPS) is 19.7. The van der Waals surface area contributed by atoms with Gasteiger partial charge < -0.3 is 25.0 Å². The molecule has 1 unspecified atom stereocenters. The number of benzene rings is 2. The number of nitrogens with zero attached hydrogens (tertiary/aromatic N) is 2. The number of aliphatic hydroxyl groups excluding tert-OH is 2. The third-order valence-electron chi connectivity index (χ3n) is 7.96.